The van der Waals surface area contributed by atoms with Gasteiger partial charge in [0.1, 0.15) is 6.54 Å². The fourth-order valence-corrected chi connectivity index (χ4v) is 1.87. The van der Waals surface area contributed by atoms with Crippen molar-refractivity contribution in [1.82, 2.24) is 4.90 Å². The highest BCUT2D eigenvalue weighted by atomic mass is 35.5. The van der Waals surface area contributed by atoms with E-state index < -0.39 is 18.6 Å². The fraction of sp³-hybridized carbons (Fsp3) is 0.462. The first-order chi connectivity index (χ1) is 9.24. The number of alkyl halides is 3. The van der Waals surface area contributed by atoms with Gasteiger partial charge in [0.05, 0.1) is 5.56 Å². The maximum Gasteiger partial charge on any atom is 0.406 e. The molecule has 1 aromatic rings. The number of anilines is 1. The Kier molecular flexibility index (Phi) is 5.68. The number of amides is 1. The first-order valence-corrected chi connectivity index (χ1v) is 6.53. The molecule has 0 atom stereocenters. The van der Waals surface area contributed by atoms with E-state index in [2.05, 4.69) is 0 Å². The predicted octanol–water partition coefficient (Wildman–Crippen LogP) is 3.73. The second kappa shape index (κ2) is 6.83. The third kappa shape index (κ3) is 4.92. The van der Waals surface area contributed by atoms with E-state index in [-0.39, 0.29) is 22.8 Å². The molecule has 0 aliphatic rings. The Bertz CT molecular complexity index is 477. The number of rotatable bonds is 5. The van der Waals surface area contributed by atoms with E-state index in [0.717, 1.165) is 4.90 Å². The molecule has 0 fully saturated rings. The molecule has 0 saturated carbocycles. The average molecular weight is 309 g/mol. The number of nitrogens with zero attached hydrogens (tertiary/aromatic N) is 1. The molecule has 1 aromatic carbocycles. The van der Waals surface area contributed by atoms with Gasteiger partial charge in [0.2, 0.25) is 0 Å². The Balaban J connectivity index is 2.99. The van der Waals surface area contributed by atoms with Gasteiger partial charge < -0.3 is 10.6 Å². The van der Waals surface area contributed by atoms with Crippen LogP contribution in [0.3, 0.4) is 0 Å². The van der Waals surface area contributed by atoms with Crippen molar-refractivity contribution in [3.63, 3.8) is 0 Å². The molecule has 20 heavy (non-hydrogen) atoms. The first kappa shape index (κ1) is 16.6. The van der Waals surface area contributed by atoms with Gasteiger partial charge in [-0.2, -0.15) is 13.2 Å². The lowest BCUT2D eigenvalue weighted by Gasteiger charge is -2.24. The SMILES string of the molecule is CCCCN(CC(F)(F)F)C(=O)c1cc(Cl)ccc1N. The molecule has 3 nitrogen and oxygen atoms in total. The lowest BCUT2D eigenvalue weighted by Crippen LogP contribution is -2.39. The summed E-state index contributed by atoms with van der Waals surface area (Å²) in [6, 6.07) is 4.17. The third-order valence-corrected chi connectivity index (χ3v) is 2.92. The summed E-state index contributed by atoms with van der Waals surface area (Å²) >= 11 is 5.75. The zero-order valence-electron chi connectivity index (χ0n) is 11.0. The van der Waals surface area contributed by atoms with Gasteiger partial charge in [0, 0.05) is 17.3 Å². The van der Waals surface area contributed by atoms with Gasteiger partial charge in [-0.3, -0.25) is 4.79 Å². The second-order valence-electron chi connectivity index (χ2n) is 4.43. The first-order valence-electron chi connectivity index (χ1n) is 6.15. The van der Waals surface area contributed by atoms with Crippen LogP contribution in [0, 0.1) is 0 Å². The Morgan fingerprint density at radius 1 is 1.40 bits per heavy atom. The maximum absolute atomic E-state index is 12.5. The molecule has 0 aliphatic heterocycles. The minimum atomic E-state index is -4.45. The van der Waals surface area contributed by atoms with Gasteiger partial charge in [-0.25, -0.2) is 0 Å². The monoisotopic (exact) mass is 308 g/mol. The standard InChI is InChI=1S/C13H16ClF3N2O/c1-2-3-6-19(8-13(15,16)17)12(20)10-7-9(14)4-5-11(10)18/h4-5,7H,2-3,6,8,18H2,1H3. The van der Waals surface area contributed by atoms with E-state index in [1.807, 2.05) is 6.92 Å². The van der Waals surface area contributed by atoms with E-state index in [9.17, 15) is 18.0 Å². The summed E-state index contributed by atoms with van der Waals surface area (Å²) in [6.45, 7) is 0.572. The lowest BCUT2D eigenvalue weighted by atomic mass is 10.1. The van der Waals surface area contributed by atoms with Crippen molar-refractivity contribution in [3.8, 4) is 0 Å². The van der Waals surface area contributed by atoms with E-state index in [4.69, 9.17) is 17.3 Å². The molecule has 7 heteroatoms. The molecule has 112 valence electrons. The molecule has 1 rings (SSSR count). The number of benzene rings is 1. The van der Waals surface area contributed by atoms with Crippen LogP contribution in [0.15, 0.2) is 18.2 Å². The summed E-state index contributed by atoms with van der Waals surface area (Å²) < 4.78 is 37.6. The average Bonchev–Trinajstić information content (AvgIpc) is 2.35. The van der Waals surface area contributed by atoms with E-state index >= 15 is 0 Å². The van der Waals surface area contributed by atoms with Gasteiger partial charge in [-0.1, -0.05) is 24.9 Å². The van der Waals surface area contributed by atoms with Crippen molar-refractivity contribution in [2.75, 3.05) is 18.8 Å². The summed E-state index contributed by atoms with van der Waals surface area (Å²) in [5, 5.41) is 0.255. The van der Waals surface area contributed by atoms with Gasteiger partial charge in [0.25, 0.3) is 5.91 Å². The molecule has 0 heterocycles. The zero-order chi connectivity index (χ0) is 15.3. The fourth-order valence-electron chi connectivity index (χ4n) is 1.70. The number of halogens is 4. The Morgan fingerprint density at radius 3 is 2.60 bits per heavy atom. The largest absolute Gasteiger partial charge is 0.406 e. The quantitative estimate of drug-likeness (QED) is 0.843. The summed E-state index contributed by atoms with van der Waals surface area (Å²) in [7, 11) is 0. The minimum absolute atomic E-state index is 0.00199. The third-order valence-electron chi connectivity index (χ3n) is 2.68. The molecule has 0 aromatic heterocycles. The van der Waals surface area contributed by atoms with E-state index in [1.165, 1.54) is 18.2 Å². The molecule has 0 spiro atoms. The second-order valence-corrected chi connectivity index (χ2v) is 4.86. The summed E-state index contributed by atoms with van der Waals surface area (Å²) in [6.07, 6.45) is -3.27. The van der Waals surface area contributed by atoms with Crippen LogP contribution < -0.4 is 5.73 Å². The Labute approximate surface area is 120 Å². The highest BCUT2D eigenvalue weighted by molar-refractivity contribution is 6.31. The highest BCUT2D eigenvalue weighted by Crippen LogP contribution is 2.23. The van der Waals surface area contributed by atoms with Crippen LogP contribution in [0.25, 0.3) is 0 Å². The number of carbonyl (C=O) groups is 1. The van der Waals surface area contributed by atoms with Crippen LogP contribution in [-0.4, -0.2) is 30.1 Å². The molecular weight excluding hydrogens is 293 g/mol. The van der Waals surface area contributed by atoms with Crippen LogP contribution in [0.1, 0.15) is 30.1 Å². The van der Waals surface area contributed by atoms with Crippen molar-refractivity contribution >= 4 is 23.2 Å². The van der Waals surface area contributed by atoms with Crippen molar-refractivity contribution in [2.45, 2.75) is 25.9 Å². The van der Waals surface area contributed by atoms with Crippen LogP contribution in [0.5, 0.6) is 0 Å². The van der Waals surface area contributed by atoms with Crippen molar-refractivity contribution in [1.29, 1.82) is 0 Å². The summed E-state index contributed by atoms with van der Waals surface area (Å²) in [4.78, 5) is 12.9. The van der Waals surface area contributed by atoms with Crippen LogP contribution in [-0.2, 0) is 0 Å². The summed E-state index contributed by atoms with van der Waals surface area (Å²) in [5.41, 5.74) is 5.75. The maximum atomic E-state index is 12.5. The normalized spacial score (nSPS) is 11.4. The van der Waals surface area contributed by atoms with Gasteiger partial charge in [-0.05, 0) is 24.6 Å². The smallest absolute Gasteiger partial charge is 0.398 e. The lowest BCUT2D eigenvalue weighted by molar-refractivity contribution is -0.140. The zero-order valence-corrected chi connectivity index (χ0v) is 11.8. The highest BCUT2D eigenvalue weighted by Gasteiger charge is 2.33. The van der Waals surface area contributed by atoms with Gasteiger partial charge in [-0.15, -0.1) is 0 Å². The molecule has 1 amide bonds. The van der Waals surface area contributed by atoms with Gasteiger partial charge in [0.15, 0.2) is 0 Å². The topological polar surface area (TPSA) is 46.3 Å². The number of carbonyl (C=O) groups excluding carboxylic acids is 1. The van der Waals surface area contributed by atoms with Crippen LogP contribution in [0.2, 0.25) is 5.02 Å². The van der Waals surface area contributed by atoms with Crippen LogP contribution in [0.4, 0.5) is 18.9 Å². The minimum Gasteiger partial charge on any atom is -0.398 e. The number of nitrogens with two attached hydrogens (primary N) is 1. The van der Waals surface area contributed by atoms with E-state index in [0.29, 0.717) is 12.8 Å². The number of unbranched alkanes of at least 4 members (excludes halogenated alkanes) is 1. The number of hydrogen-bond donors (Lipinski definition) is 1. The van der Waals surface area contributed by atoms with Crippen LogP contribution >= 0.6 is 11.6 Å². The molecule has 2 N–H and O–H groups in total. The van der Waals surface area contributed by atoms with Crippen molar-refractivity contribution in [2.24, 2.45) is 0 Å². The van der Waals surface area contributed by atoms with Crippen molar-refractivity contribution < 1.29 is 18.0 Å². The molecule has 0 bridgehead atoms. The van der Waals surface area contributed by atoms with Gasteiger partial charge >= 0.3 is 6.18 Å². The molecular formula is C13H16ClF3N2O. The predicted molar refractivity (Wildman–Crippen MR) is 72.7 cm³/mol. The Hall–Kier alpha value is -1.43. The molecule has 0 aliphatic carbocycles. The van der Waals surface area contributed by atoms with E-state index in [1.54, 1.807) is 0 Å². The molecule has 0 radical (unpaired) electrons. The number of nitrogen functional groups attached to an aromatic ring is 1. The number of hydrogen-bond acceptors (Lipinski definition) is 2. The van der Waals surface area contributed by atoms with Crippen molar-refractivity contribution in [3.05, 3.63) is 28.8 Å². The summed E-state index contributed by atoms with van der Waals surface area (Å²) in [5.74, 6) is -0.754. The molecule has 0 unspecified atom stereocenters. The molecule has 0 saturated heterocycles. The Morgan fingerprint density at radius 2 is 2.05 bits per heavy atom.